The van der Waals surface area contributed by atoms with Crippen molar-refractivity contribution in [1.29, 1.82) is 5.26 Å². The van der Waals surface area contributed by atoms with Gasteiger partial charge in [-0.1, -0.05) is 18.6 Å². The van der Waals surface area contributed by atoms with E-state index in [2.05, 4.69) is 19.1 Å². The van der Waals surface area contributed by atoms with Gasteiger partial charge >= 0.3 is 0 Å². The van der Waals surface area contributed by atoms with Crippen molar-refractivity contribution in [2.45, 2.75) is 51.4 Å². The van der Waals surface area contributed by atoms with Crippen LogP contribution >= 0.6 is 0 Å². The smallest absolute Gasteiger partial charge is 0.115 e. The van der Waals surface area contributed by atoms with Crippen molar-refractivity contribution in [1.82, 2.24) is 0 Å². The number of allylic oxidation sites excluding steroid dienone is 2. The molecule has 0 amide bonds. The first kappa shape index (κ1) is 13.9. The van der Waals surface area contributed by atoms with Crippen LogP contribution in [0.1, 0.15) is 56.1 Å². The van der Waals surface area contributed by atoms with Gasteiger partial charge in [-0.2, -0.15) is 5.26 Å². The molecule has 0 unspecified atom stereocenters. The van der Waals surface area contributed by atoms with Crippen molar-refractivity contribution in [3.8, 4) is 11.8 Å². The van der Waals surface area contributed by atoms with Gasteiger partial charge in [-0.25, -0.2) is 0 Å². The summed E-state index contributed by atoms with van der Waals surface area (Å²) in [5, 5.41) is 18.8. The fourth-order valence-corrected chi connectivity index (χ4v) is 5.73. The molecule has 22 heavy (non-hydrogen) atoms. The van der Waals surface area contributed by atoms with E-state index in [9.17, 15) is 5.11 Å². The van der Waals surface area contributed by atoms with Gasteiger partial charge in [0.05, 0.1) is 6.07 Å². The summed E-state index contributed by atoms with van der Waals surface area (Å²) in [5.41, 5.74) is 4.49. The number of benzene rings is 1. The van der Waals surface area contributed by atoms with Gasteiger partial charge in [0.2, 0.25) is 0 Å². The van der Waals surface area contributed by atoms with Crippen LogP contribution in [-0.4, -0.2) is 5.11 Å². The molecule has 3 aliphatic rings. The zero-order valence-corrected chi connectivity index (χ0v) is 13.2. The number of hydrogen-bond donors (Lipinski definition) is 1. The number of phenols is 1. The van der Waals surface area contributed by atoms with Crippen molar-refractivity contribution in [3.63, 3.8) is 0 Å². The van der Waals surface area contributed by atoms with Crippen molar-refractivity contribution in [3.05, 3.63) is 41.0 Å². The highest BCUT2D eigenvalue weighted by Crippen LogP contribution is 2.62. The van der Waals surface area contributed by atoms with Gasteiger partial charge < -0.3 is 5.11 Å². The molecule has 1 N–H and O–H groups in total. The van der Waals surface area contributed by atoms with Crippen molar-refractivity contribution in [2.24, 2.45) is 17.3 Å². The monoisotopic (exact) mass is 293 g/mol. The van der Waals surface area contributed by atoms with Crippen LogP contribution in [0.15, 0.2) is 29.8 Å². The van der Waals surface area contributed by atoms with Crippen molar-refractivity contribution >= 4 is 0 Å². The largest absolute Gasteiger partial charge is 0.508 e. The highest BCUT2D eigenvalue weighted by Gasteiger charge is 2.52. The standard InChI is InChI=1S/C20H23NO/c1-20-10-8-17-16-6-4-15(22)12-13(16)2-5-18(17)19(20)7-3-14(20)9-11-21/h4,6,9,12,17-19,22H,2-3,5,7-8,10H2,1H3/t17-,18-,19+,20-/m1/s1. The summed E-state index contributed by atoms with van der Waals surface area (Å²) in [5.74, 6) is 2.54. The van der Waals surface area contributed by atoms with E-state index in [1.54, 1.807) is 0 Å². The molecule has 114 valence electrons. The number of aryl methyl sites for hydroxylation is 1. The predicted molar refractivity (Wildman–Crippen MR) is 86.4 cm³/mol. The molecule has 0 radical (unpaired) electrons. The van der Waals surface area contributed by atoms with Crippen LogP contribution in [0.4, 0.5) is 0 Å². The molecular weight excluding hydrogens is 270 g/mol. The second-order valence-corrected chi connectivity index (χ2v) is 7.59. The predicted octanol–water partition coefficient (Wildman–Crippen LogP) is 4.70. The summed E-state index contributed by atoms with van der Waals surface area (Å²) in [6.45, 7) is 2.40. The molecule has 2 fully saturated rings. The topological polar surface area (TPSA) is 44.0 Å². The van der Waals surface area contributed by atoms with Crippen LogP contribution in [0.3, 0.4) is 0 Å². The van der Waals surface area contributed by atoms with Crippen LogP contribution in [0.5, 0.6) is 5.75 Å². The van der Waals surface area contributed by atoms with E-state index in [-0.39, 0.29) is 5.41 Å². The lowest BCUT2D eigenvalue weighted by atomic mass is 9.55. The minimum Gasteiger partial charge on any atom is -0.508 e. The maximum absolute atomic E-state index is 9.73. The molecule has 0 aliphatic heterocycles. The minimum absolute atomic E-state index is 0.255. The van der Waals surface area contributed by atoms with Gasteiger partial charge in [-0.3, -0.25) is 0 Å². The Morgan fingerprint density at radius 3 is 2.95 bits per heavy atom. The molecule has 0 spiro atoms. The summed E-state index contributed by atoms with van der Waals surface area (Å²) in [4.78, 5) is 0. The summed E-state index contributed by atoms with van der Waals surface area (Å²) < 4.78 is 0. The SMILES string of the molecule is C[C@]12CC[C@@H]3c4ccc(O)cc4CC[C@H]3[C@@H]1CCC2=CC#N. The number of nitriles is 1. The van der Waals surface area contributed by atoms with Gasteiger partial charge in [0.15, 0.2) is 0 Å². The maximum Gasteiger partial charge on any atom is 0.115 e. The van der Waals surface area contributed by atoms with Gasteiger partial charge in [-0.15, -0.1) is 0 Å². The molecule has 2 nitrogen and oxygen atoms in total. The summed E-state index contributed by atoms with van der Waals surface area (Å²) >= 11 is 0. The Morgan fingerprint density at radius 1 is 1.27 bits per heavy atom. The third kappa shape index (κ3) is 1.85. The van der Waals surface area contributed by atoms with Crippen LogP contribution in [0.2, 0.25) is 0 Å². The average Bonchev–Trinajstić information content (AvgIpc) is 2.84. The molecule has 0 bridgehead atoms. The van der Waals surface area contributed by atoms with Crippen molar-refractivity contribution < 1.29 is 5.11 Å². The zero-order valence-electron chi connectivity index (χ0n) is 13.2. The van der Waals surface area contributed by atoms with E-state index in [0.29, 0.717) is 11.7 Å². The Balaban J connectivity index is 1.70. The van der Waals surface area contributed by atoms with Crippen LogP contribution in [0, 0.1) is 28.6 Å². The normalized spacial score (nSPS) is 38.0. The van der Waals surface area contributed by atoms with E-state index in [0.717, 1.165) is 24.7 Å². The molecule has 2 heteroatoms. The second-order valence-electron chi connectivity index (χ2n) is 7.59. The van der Waals surface area contributed by atoms with E-state index in [1.165, 1.54) is 42.4 Å². The minimum atomic E-state index is 0.255. The molecule has 4 rings (SSSR count). The zero-order chi connectivity index (χ0) is 15.3. The van der Waals surface area contributed by atoms with Gasteiger partial charge in [0.25, 0.3) is 0 Å². The molecule has 1 aromatic carbocycles. The number of phenolic OH excluding ortho intramolecular Hbond substituents is 1. The quantitative estimate of drug-likeness (QED) is 0.705. The molecule has 4 atom stereocenters. The fourth-order valence-electron chi connectivity index (χ4n) is 5.73. The second kappa shape index (κ2) is 4.88. The third-order valence-corrected chi connectivity index (χ3v) is 6.80. The van der Waals surface area contributed by atoms with Gasteiger partial charge in [-0.05, 0) is 85.0 Å². The van der Waals surface area contributed by atoms with E-state index < -0.39 is 0 Å². The number of rotatable bonds is 0. The van der Waals surface area contributed by atoms with Gasteiger partial charge in [0.1, 0.15) is 5.75 Å². The molecule has 2 saturated carbocycles. The molecule has 0 heterocycles. The lowest BCUT2D eigenvalue weighted by molar-refractivity contribution is 0.0814. The lowest BCUT2D eigenvalue weighted by Gasteiger charge is -2.49. The highest BCUT2D eigenvalue weighted by molar-refractivity contribution is 5.41. The van der Waals surface area contributed by atoms with E-state index in [4.69, 9.17) is 5.26 Å². The first-order valence-corrected chi connectivity index (χ1v) is 8.54. The Labute approximate surface area is 132 Å². The number of fused-ring (bicyclic) bond motifs is 5. The van der Waals surface area contributed by atoms with Gasteiger partial charge in [0, 0.05) is 6.08 Å². The lowest BCUT2D eigenvalue weighted by Crippen LogP contribution is -2.40. The summed E-state index contributed by atoms with van der Waals surface area (Å²) in [7, 11) is 0. The van der Waals surface area contributed by atoms with Crippen LogP contribution in [0.25, 0.3) is 0 Å². The first-order valence-electron chi connectivity index (χ1n) is 8.54. The Kier molecular flexibility index (Phi) is 3.08. The van der Waals surface area contributed by atoms with Crippen molar-refractivity contribution in [2.75, 3.05) is 0 Å². The molecule has 1 aromatic rings. The Bertz CT molecular complexity index is 683. The fraction of sp³-hybridized carbons (Fsp3) is 0.550. The average molecular weight is 293 g/mol. The van der Waals surface area contributed by atoms with Crippen LogP contribution < -0.4 is 0 Å². The van der Waals surface area contributed by atoms with E-state index >= 15 is 0 Å². The summed E-state index contributed by atoms with van der Waals surface area (Å²) in [6, 6.07) is 8.25. The number of hydrogen-bond acceptors (Lipinski definition) is 2. The number of aromatic hydroxyl groups is 1. The highest BCUT2D eigenvalue weighted by atomic mass is 16.3. The summed E-state index contributed by atoms with van der Waals surface area (Å²) in [6.07, 6.45) is 8.94. The Hall–Kier alpha value is -1.75. The Morgan fingerprint density at radius 2 is 2.14 bits per heavy atom. The maximum atomic E-state index is 9.73. The van der Waals surface area contributed by atoms with E-state index in [1.807, 2.05) is 18.2 Å². The number of nitrogens with zero attached hydrogens (tertiary/aromatic N) is 1. The molecule has 3 aliphatic carbocycles. The van der Waals surface area contributed by atoms with Crippen LogP contribution in [-0.2, 0) is 6.42 Å². The third-order valence-electron chi connectivity index (χ3n) is 6.80. The molecule has 0 aromatic heterocycles. The molecular formula is C20H23NO. The molecule has 0 saturated heterocycles. The first-order chi connectivity index (χ1) is 10.6.